The van der Waals surface area contributed by atoms with Gasteiger partial charge < -0.3 is 15.6 Å². The summed E-state index contributed by atoms with van der Waals surface area (Å²) in [6.07, 6.45) is -0.804. The quantitative estimate of drug-likeness (QED) is 0.428. The Morgan fingerprint density at radius 3 is 2.80 bits per heavy atom. The lowest BCUT2D eigenvalue weighted by molar-refractivity contribution is -0.384. The Labute approximate surface area is 86.4 Å². The molecule has 15 heavy (non-hydrogen) atoms. The maximum absolute atomic E-state index is 10.5. The van der Waals surface area contributed by atoms with Crippen LogP contribution in [0.1, 0.15) is 5.56 Å². The fourth-order valence-corrected chi connectivity index (χ4v) is 1.24. The summed E-state index contributed by atoms with van der Waals surface area (Å²) in [6.45, 7) is 0. The highest BCUT2D eigenvalue weighted by atomic mass is 16.6. The van der Waals surface area contributed by atoms with E-state index in [1.807, 2.05) is 0 Å². The molecule has 0 spiro atoms. The number of aliphatic hydroxyl groups excluding tert-OH is 1. The van der Waals surface area contributed by atoms with Gasteiger partial charge in [-0.3, -0.25) is 10.1 Å². The number of nitrogens with zero attached hydrogens (tertiary/aromatic N) is 1. The third kappa shape index (κ3) is 2.90. The number of ether oxygens (including phenoxy) is 1. The summed E-state index contributed by atoms with van der Waals surface area (Å²) in [6, 6.07) is 4.17. The van der Waals surface area contributed by atoms with Gasteiger partial charge in [0.2, 0.25) is 0 Å². The van der Waals surface area contributed by atoms with Crippen LogP contribution in [0.15, 0.2) is 18.2 Å². The summed E-state index contributed by atoms with van der Waals surface area (Å²) in [5.74, 6) is 0.355. The molecular formula is C9H12N2O4. The van der Waals surface area contributed by atoms with E-state index in [0.717, 1.165) is 0 Å². The molecule has 0 aliphatic rings. The molecule has 0 aromatic heterocycles. The minimum atomic E-state index is -1.000. The van der Waals surface area contributed by atoms with Crippen molar-refractivity contribution in [2.75, 3.05) is 7.11 Å². The van der Waals surface area contributed by atoms with Crippen molar-refractivity contribution in [1.29, 1.82) is 0 Å². The van der Waals surface area contributed by atoms with Crippen molar-refractivity contribution in [1.82, 2.24) is 0 Å². The highest BCUT2D eigenvalue weighted by molar-refractivity contribution is 5.44. The van der Waals surface area contributed by atoms with Gasteiger partial charge in [-0.05, 0) is 11.6 Å². The number of benzene rings is 1. The van der Waals surface area contributed by atoms with Crippen molar-refractivity contribution >= 4 is 5.69 Å². The van der Waals surface area contributed by atoms with Crippen LogP contribution in [-0.2, 0) is 6.42 Å². The first-order valence-electron chi connectivity index (χ1n) is 4.29. The van der Waals surface area contributed by atoms with Crippen LogP contribution < -0.4 is 10.5 Å². The largest absolute Gasteiger partial charge is 0.496 e. The van der Waals surface area contributed by atoms with Gasteiger partial charge in [0, 0.05) is 12.5 Å². The molecule has 1 atom stereocenters. The second kappa shape index (κ2) is 4.72. The molecule has 3 N–H and O–H groups in total. The standard InChI is InChI=1S/C9H12N2O4/c1-15-8-5-7(11(13)14)3-2-6(8)4-9(10)12/h2-3,5,9,12H,4,10H2,1H3. The van der Waals surface area contributed by atoms with Crippen molar-refractivity contribution in [2.45, 2.75) is 12.6 Å². The zero-order valence-corrected chi connectivity index (χ0v) is 8.21. The summed E-state index contributed by atoms with van der Waals surface area (Å²) in [7, 11) is 1.41. The molecule has 0 fully saturated rings. The van der Waals surface area contributed by atoms with E-state index in [9.17, 15) is 10.1 Å². The minimum Gasteiger partial charge on any atom is -0.496 e. The summed E-state index contributed by atoms with van der Waals surface area (Å²) < 4.78 is 4.97. The van der Waals surface area contributed by atoms with Gasteiger partial charge in [-0.1, -0.05) is 0 Å². The fourth-order valence-electron chi connectivity index (χ4n) is 1.24. The van der Waals surface area contributed by atoms with E-state index in [4.69, 9.17) is 15.6 Å². The Morgan fingerprint density at radius 2 is 2.33 bits per heavy atom. The molecule has 82 valence electrons. The predicted octanol–water partition coefficient (Wildman–Crippen LogP) is 0.423. The Morgan fingerprint density at radius 1 is 1.67 bits per heavy atom. The van der Waals surface area contributed by atoms with Crippen LogP contribution in [0.25, 0.3) is 0 Å². The van der Waals surface area contributed by atoms with Gasteiger partial charge in [-0.2, -0.15) is 0 Å². The van der Waals surface area contributed by atoms with E-state index in [1.54, 1.807) is 0 Å². The fraction of sp³-hybridized carbons (Fsp3) is 0.333. The topological polar surface area (TPSA) is 98.6 Å². The lowest BCUT2D eigenvalue weighted by Gasteiger charge is -2.09. The van der Waals surface area contributed by atoms with Gasteiger partial charge in [0.1, 0.15) is 12.0 Å². The number of nitro benzene ring substituents is 1. The monoisotopic (exact) mass is 212 g/mol. The van der Waals surface area contributed by atoms with Crippen molar-refractivity contribution in [3.8, 4) is 5.75 Å². The number of non-ortho nitro benzene ring substituents is 1. The van der Waals surface area contributed by atoms with Crippen LogP contribution in [0.2, 0.25) is 0 Å². The van der Waals surface area contributed by atoms with Gasteiger partial charge in [-0.25, -0.2) is 0 Å². The average molecular weight is 212 g/mol. The van der Waals surface area contributed by atoms with E-state index in [-0.39, 0.29) is 12.1 Å². The van der Waals surface area contributed by atoms with Crippen LogP contribution in [0.4, 0.5) is 5.69 Å². The van der Waals surface area contributed by atoms with E-state index >= 15 is 0 Å². The Hall–Kier alpha value is -1.66. The van der Waals surface area contributed by atoms with Crippen molar-refractivity contribution < 1.29 is 14.8 Å². The molecular weight excluding hydrogens is 200 g/mol. The van der Waals surface area contributed by atoms with Crippen LogP contribution in [0.3, 0.4) is 0 Å². The predicted molar refractivity (Wildman–Crippen MR) is 53.5 cm³/mol. The zero-order valence-electron chi connectivity index (χ0n) is 8.21. The molecule has 0 aliphatic heterocycles. The molecule has 0 saturated heterocycles. The SMILES string of the molecule is COc1cc([N+](=O)[O-])ccc1CC(N)O. The molecule has 1 rings (SSSR count). The molecule has 1 aromatic rings. The molecule has 0 bridgehead atoms. The number of methoxy groups -OCH3 is 1. The highest BCUT2D eigenvalue weighted by Gasteiger charge is 2.12. The van der Waals surface area contributed by atoms with E-state index in [2.05, 4.69) is 0 Å². The Balaban J connectivity index is 3.03. The number of nitro groups is 1. The highest BCUT2D eigenvalue weighted by Crippen LogP contribution is 2.25. The summed E-state index contributed by atoms with van der Waals surface area (Å²) in [4.78, 5) is 9.97. The first kappa shape index (κ1) is 11.4. The van der Waals surface area contributed by atoms with Gasteiger partial charge in [0.25, 0.3) is 5.69 Å². The number of hydrogen-bond acceptors (Lipinski definition) is 5. The van der Waals surface area contributed by atoms with Crippen molar-refractivity contribution in [2.24, 2.45) is 5.73 Å². The van der Waals surface area contributed by atoms with Crippen LogP contribution in [0, 0.1) is 10.1 Å². The molecule has 0 amide bonds. The number of hydrogen-bond donors (Lipinski definition) is 2. The summed E-state index contributed by atoms with van der Waals surface area (Å²) >= 11 is 0. The van der Waals surface area contributed by atoms with Crippen molar-refractivity contribution in [3.05, 3.63) is 33.9 Å². The molecule has 6 nitrogen and oxygen atoms in total. The molecule has 6 heteroatoms. The normalized spacial score (nSPS) is 12.2. The Kier molecular flexibility index (Phi) is 3.59. The second-order valence-corrected chi connectivity index (χ2v) is 3.02. The molecule has 0 radical (unpaired) electrons. The molecule has 1 aromatic carbocycles. The molecule has 0 heterocycles. The van der Waals surface area contributed by atoms with Gasteiger partial charge in [-0.15, -0.1) is 0 Å². The third-order valence-electron chi connectivity index (χ3n) is 1.91. The van der Waals surface area contributed by atoms with Crippen LogP contribution in [-0.4, -0.2) is 23.4 Å². The maximum atomic E-state index is 10.5. The second-order valence-electron chi connectivity index (χ2n) is 3.02. The van der Waals surface area contributed by atoms with Gasteiger partial charge in [0.15, 0.2) is 0 Å². The van der Waals surface area contributed by atoms with E-state index in [0.29, 0.717) is 11.3 Å². The number of rotatable bonds is 4. The lowest BCUT2D eigenvalue weighted by atomic mass is 10.1. The van der Waals surface area contributed by atoms with Gasteiger partial charge >= 0.3 is 0 Å². The van der Waals surface area contributed by atoms with Crippen molar-refractivity contribution in [3.63, 3.8) is 0 Å². The zero-order chi connectivity index (χ0) is 11.4. The van der Waals surface area contributed by atoms with Gasteiger partial charge in [0.05, 0.1) is 18.1 Å². The average Bonchev–Trinajstić information content (AvgIpc) is 2.17. The number of aliphatic hydroxyl groups is 1. The van der Waals surface area contributed by atoms with E-state index < -0.39 is 11.2 Å². The molecule has 0 saturated carbocycles. The maximum Gasteiger partial charge on any atom is 0.273 e. The van der Waals surface area contributed by atoms with Crippen LogP contribution in [0.5, 0.6) is 5.75 Å². The molecule has 1 unspecified atom stereocenters. The third-order valence-corrected chi connectivity index (χ3v) is 1.91. The first-order chi connectivity index (χ1) is 7.04. The summed E-state index contributed by atoms with van der Waals surface area (Å²) in [5, 5.41) is 19.5. The molecule has 0 aliphatic carbocycles. The minimum absolute atomic E-state index is 0.0536. The van der Waals surface area contributed by atoms with E-state index in [1.165, 1.54) is 25.3 Å². The van der Waals surface area contributed by atoms with Crippen LogP contribution >= 0.6 is 0 Å². The number of nitrogens with two attached hydrogens (primary N) is 1. The first-order valence-corrected chi connectivity index (χ1v) is 4.29. The Bertz CT molecular complexity index is 365. The summed E-state index contributed by atoms with van der Waals surface area (Å²) in [5.41, 5.74) is 5.80. The lowest BCUT2D eigenvalue weighted by Crippen LogP contribution is -2.21. The smallest absolute Gasteiger partial charge is 0.273 e.